The van der Waals surface area contributed by atoms with Gasteiger partial charge in [-0.25, -0.2) is 9.59 Å². The monoisotopic (exact) mass is 313 g/mol. The Morgan fingerprint density at radius 2 is 2.22 bits per heavy atom. The molecule has 2 N–H and O–H groups in total. The minimum Gasteiger partial charge on any atom is -0.478 e. The normalized spacial score (nSPS) is 9.67. The molecule has 0 fully saturated rings. The molecule has 0 unspecified atom stereocenters. The first kappa shape index (κ1) is 14.2. The molecule has 18 heavy (non-hydrogen) atoms. The van der Waals surface area contributed by atoms with E-state index in [9.17, 15) is 9.59 Å². The van der Waals surface area contributed by atoms with E-state index in [-0.39, 0.29) is 17.9 Å². The summed E-state index contributed by atoms with van der Waals surface area (Å²) in [5, 5.41) is 11.4. The Kier molecular flexibility index (Phi) is 4.91. The minimum atomic E-state index is -1.13. The van der Waals surface area contributed by atoms with Crippen LogP contribution in [0.1, 0.15) is 15.9 Å². The fraction of sp³-hybridized carbons (Fsp3) is 0.167. The molecule has 1 aromatic carbocycles. The predicted molar refractivity (Wildman–Crippen MR) is 71.0 cm³/mol. The van der Waals surface area contributed by atoms with E-state index in [0.717, 1.165) is 5.56 Å². The van der Waals surface area contributed by atoms with Crippen molar-refractivity contribution in [1.29, 1.82) is 0 Å². The molecule has 1 rings (SSSR count). The Hall–Kier alpha value is -1.82. The number of benzene rings is 1. The quantitative estimate of drug-likeness (QED) is 0.837. The van der Waals surface area contributed by atoms with Crippen LogP contribution in [0.2, 0.25) is 0 Å². The summed E-state index contributed by atoms with van der Waals surface area (Å²) in [6.07, 6.45) is 0.698. The van der Waals surface area contributed by atoms with Gasteiger partial charge < -0.3 is 9.84 Å². The number of hydrogen-bond acceptors (Lipinski definition) is 3. The first-order valence-corrected chi connectivity index (χ1v) is 5.83. The lowest BCUT2D eigenvalue weighted by atomic mass is 10.1. The van der Waals surface area contributed by atoms with Crippen molar-refractivity contribution in [3.8, 4) is 0 Å². The number of aryl methyl sites for hydroxylation is 1. The molecule has 1 amide bonds. The highest BCUT2D eigenvalue weighted by Gasteiger charge is 2.15. The first-order chi connectivity index (χ1) is 8.45. The summed E-state index contributed by atoms with van der Waals surface area (Å²) < 4.78 is 5.38. The van der Waals surface area contributed by atoms with E-state index in [4.69, 9.17) is 9.84 Å². The Morgan fingerprint density at radius 1 is 1.56 bits per heavy atom. The van der Waals surface area contributed by atoms with Crippen molar-refractivity contribution in [2.75, 3.05) is 11.9 Å². The van der Waals surface area contributed by atoms with Crippen LogP contribution in [-0.2, 0) is 4.74 Å². The summed E-state index contributed by atoms with van der Waals surface area (Å²) in [7, 11) is 0. The molecule has 6 heteroatoms. The molecule has 0 radical (unpaired) electrons. The Labute approximate surface area is 113 Å². The first-order valence-electron chi connectivity index (χ1n) is 5.03. The minimum absolute atomic E-state index is 0.0111. The van der Waals surface area contributed by atoms with E-state index in [1.807, 2.05) is 0 Å². The van der Waals surface area contributed by atoms with Crippen molar-refractivity contribution >= 4 is 33.7 Å². The highest BCUT2D eigenvalue weighted by Crippen LogP contribution is 2.25. The van der Waals surface area contributed by atoms with Gasteiger partial charge in [0, 0.05) is 4.47 Å². The average molecular weight is 314 g/mol. The van der Waals surface area contributed by atoms with Gasteiger partial charge in [0.1, 0.15) is 6.61 Å². The van der Waals surface area contributed by atoms with Crippen LogP contribution < -0.4 is 5.32 Å². The SMILES string of the molecule is C=CCOC(=O)Nc1cc(C)c(Br)cc1C(=O)O. The second kappa shape index (κ2) is 6.20. The lowest BCUT2D eigenvalue weighted by Crippen LogP contribution is -2.16. The number of anilines is 1. The van der Waals surface area contributed by atoms with Crippen LogP contribution in [0.3, 0.4) is 0 Å². The molecule has 0 spiro atoms. The molecule has 5 nitrogen and oxygen atoms in total. The third-order valence-electron chi connectivity index (χ3n) is 2.10. The molecule has 0 atom stereocenters. The fourth-order valence-electron chi connectivity index (χ4n) is 1.24. The average Bonchev–Trinajstić information content (AvgIpc) is 2.30. The van der Waals surface area contributed by atoms with Gasteiger partial charge in [-0.05, 0) is 24.6 Å². The van der Waals surface area contributed by atoms with E-state index in [0.29, 0.717) is 4.47 Å². The van der Waals surface area contributed by atoms with Gasteiger partial charge in [0.05, 0.1) is 11.3 Å². The van der Waals surface area contributed by atoms with E-state index in [2.05, 4.69) is 27.8 Å². The Morgan fingerprint density at radius 3 is 2.78 bits per heavy atom. The Balaban J connectivity index is 3.00. The molecule has 0 heterocycles. The van der Waals surface area contributed by atoms with E-state index in [1.54, 1.807) is 13.0 Å². The standard InChI is InChI=1S/C12H12BrNO4/c1-3-4-18-12(17)14-10-5-7(2)9(13)6-8(10)11(15)16/h3,5-6H,1,4H2,2H3,(H,14,17)(H,15,16). The summed E-state index contributed by atoms with van der Waals surface area (Å²) in [6, 6.07) is 2.99. The maximum Gasteiger partial charge on any atom is 0.411 e. The predicted octanol–water partition coefficient (Wildman–Crippen LogP) is 3.19. The van der Waals surface area contributed by atoms with Gasteiger partial charge in [-0.2, -0.15) is 0 Å². The van der Waals surface area contributed by atoms with Crippen LogP contribution >= 0.6 is 15.9 Å². The molecule has 0 aliphatic rings. The zero-order chi connectivity index (χ0) is 13.7. The van der Waals surface area contributed by atoms with Gasteiger partial charge >= 0.3 is 12.1 Å². The second-order valence-corrected chi connectivity index (χ2v) is 4.32. The molecule has 0 saturated carbocycles. The second-order valence-electron chi connectivity index (χ2n) is 3.46. The van der Waals surface area contributed by atoms with E-state index in [1.165, 1.54) is 12.1 Å². The summed E-state index contributed by atoms with van der Waals surface area (Å²) in [4.78, 5) is 22.4. The van der Waals surface area contributed by atoms with Crippen LogP contribution in [0.15, 0.2) is 29.3 Å². The number of carboxylic acid groups (broad SMARTS) is 1. The van der Waals surface area contributed by atoms with Crippen molar-refractivity contribution in [3.05, 3.63) is 40.4 Å². The van der Waals surface area contributed by atoms with Crippen LogP contribution in [0.4, 0.5) is 10.5 Å². The highest BCUT2D eigenvalue weighted by atomic mass is 79.9. The number of hydrogen-bond donors (Lipinski definition) is 2. The number of nitrogens with one attached hydrogen (secondary N) is 1. The topological polar surface area (TPSA) is 75.6 Å². The molecule has 0 aliphatic heterocycles. The van der Waals surface area contributed by atoms with Gasteiger partial charge in [0.2, 0.25) is 0 Å². The molecule has 0 aromatic heterocycles. The van der Waals surface area contributed by atoms with Gasteiger partial charge in [-0.3, -0.25) is 5.32 Å². The van der Waals surface area contributed by atoms with E-state index < -0.39 is 12.1 Å². The lowest BCUT2D eigenvalue weighted by molar-refractivity contribution is 0.0698. The molecule has 0 aliphatic carbocycles. The summed E-state index contributed by atoms with van der Waals surface area (Å²) in [6.45, 7) is 5.25. The van der Waals surface area contributed by atoms with Crippen LogP contribution in [0, 0.1) is 6.92 Å². The number of carbonyl (C=O) groups excluding carboxylic acids is 1. The molecule has 0 saturated heterocycles. The molecular weight excluding hydrogens is 302 g/mol. The highest BCUT2D eigenvalue weighted by molar-refractivity contribution is 9.10. The zero-order valence-corrected chi connectivity index (χ0v) is 11.3. The number of rotatable bonds is 4. The summed E-state index contributed by atoms with van der Waals surface area (Å²) in [5.41, 5.74) is 0.985. The van der Waals surface area contributed by atoms with Gasteiger partial charge in [0.25, 0.3) is 0 Å². The van der Waals surface area contributed by atoms with Gasteiger partial charge in [-0.15, -0.1) is 0 Å². The van der Waals surface area contributed by atoms with Crippen molar-refractivity contribution in [1.82, 2.24) is 0 Å². The van der Waals surface area contributed by atoms with Crippen LogP contribution in [0.25, 0.3) is 0 Å². The number of halogens is 1. The number of ether oxygens (including phenoxy) is 1. The third-order valence-corrected chi connectivity index (χ3v) is 2.95. The van der Waals surface area contributed by atoms with Gasteiger partial charge in [0.15, 0.2) is 0 Å². The maximum absolute atomic E-state index is 11.4. The van der Waals surface area contributed by atoms with Crippen molar-refractivity contribution < 1.29 is 19.4 Å². The Bertz CT molecular complexity index is 499. The molecule has 1 aromatic rings. The smallest absolute Gasteiger partial charge is 0.411 e. The van der Waals surface area contributed by atoms with Crippen molar-refractivity contribution in [2.24, 2.45) is 0 Å². The van der Waals surface area contributed by atoms with E-state index >= 15 is 0 Å². The molecular formula is C12H12BrNO4. The van der Waals surface area contributed by atoms with Gasteiger partial charge in [-0.1, -0.05) is 28.6 Å². The number of carbonyl (C=O) groups is 2. The summed E-state index contributed by atoms with van der Waals surface area (Å²) >= 11 is 3.24. The lowest BCUT2D eigenvalue weighted by Gasteiger charge is -2.10. The number of carboxylic acids is 1. The van der Waals surface area contributed by atoms with Crippen LogP contribution in [0.5, 0.6) is 0 Å². The van der Waals surface area contributed by atoms with Crippen molar-refractivity contribution in [2.45, 2.75) is 6.92 Å². The summed E-state index contributed by atoms with van der Waals surface area (Å²) in [5.74, 6) is -1.13. The third kappa shape index (κ3) is 3.59. The van der Waals surface area contributed by atoms with Crippen molar-refractivity contribution in [3.63, 3.8) is 0 Å². The number of amides is 1. The number of aromatic carboxylic acids is 1. The molecule has 96 valence electrons. The maximum atomic E-state index is 11.4. The van der Waals surface area contributed by atoms with Crippen LogP contribution in [-0.4, -0.2) is 23.8 Å². The zero-order valence-electron chi connectivity index (χ0n) is 9.70. The fourth-order valence-corrected chi connectivity index (χ4v) is 1.59. The molecule has 0 bridgehead atoms. The largest absolute Gasteiger partial charge is 0.478 e.